The molecule has 120 valence electrons. The van der Waals surface area contributed by atoms with Crippen LogP contribution in [0.4, 0.5) is 5.69 Å². The van der Waals surface area contributed by atoms with Gasteiger partial charge in [0.05, 0.1) is 12.5 Å². The van der Waals surface area contributed by atoms with Crippen LogP contribution in [-0.2, 0) is 4.79 Å². The smallest absolute Gasteiger partial charge is 0.305 e. The first-order valence-electron chi connectivity index (χ1n) is 6.60. The lowest BCUT2D eigenvalue weighted by Gasteiger charge is -2.21. The van der Waals surface area contributed by atoms with Gasteiger partial charge >= 0.3 is 5.97 Å². The first-order valence-corrected chi connectivity index (χ1v) is 7.76. The largest absolute Gasteiger partial charge is 0.481 e. The molecule has 2 rings (SSSR count). The molecule has 0 fully saturated rings. The van der Waals surface area contributed by atoms with Gasteiger partial charge in [-0.15, -0.1) is 0 Å². The summed E-state index contributed by atoms with van der Waals surface area (Å²) in [6.45, 7) is 0. The SMILES string of the molecule is O=C(O)C[C@@H](NC(=S)Nc1ccncc1)c1ccc(Cl)cc1Cl. The van der Waals surface area contributed by atoms with E-state index in [2.05, 4.69) is 15.6 Å². The Morgan fingerprint density at radius 3 is 2.57 bits per heavy atom. The van der Waals surface area contributed by atoms with Gasteiger partial charge in [-0.3, -0.25) is 9.78 Å². The second kappa shape index (κ2) is 8.10. The van der Waals surface area contributed by atoms with Crippen molar-refractivity contribution in [3.8, 4) is 0 Å². The number of nitrogens with zero attached hydrogens (tertiary/aromatic N) is 1. The van der Waals surface area contributed by atoms with Crippen LogP contribution >= 0.6 is 35.4 Å². The number of nitrogens with one attached hydrogen (secondary N) is 2. The zero-order valence-electron chi connectivity index (χ0n) is 11.8. The van der Waals surface area contributed by atoms with Crippen LogP contribution in [0.25, 0.3) is 0 Å². The Kier molecular flexibility index (Phi) is 6.15. The third-order valence-corrected chi connectivity index (χ3v) is 3.74. The number of pyridine rings is 1. The molecule has 0 aliphatic carbocycles. The Morgan fingerprint density at radius 1 is 1.26 bits per heavy atom. The number of hydrogen-bond donors (Lipinski definition) is 3. The highest BCUT2D eigenvalue weighted by Crippen LogP contribution is 2.28. The van der Waals surface area contributed by atoms with E-state index in [1.807, 2.05) is 0 Å². The summed E-state index contributed by atoms with van der Waals surface area (Å²) in [6.07, 6.45) is 3.06. The van der Waals surface area contributed by atoms with E-state index in [-0.39, 0.29) is 11.5 Å². The van der Waals surface area contributed by atoms with Gasteiger partial charge in [-0.05, 0) is 42.0 Å². The number of rotatable bonds is 5. The fraction of sp³-hybridized carbons (Fsp3) is 0.133. The van der Waals surface area contributed by atoms with Crippen molar-refractivity contribution in [1.29, 1.82) is 0 Å². The molecule has 0 saturated heterocycles. The van der Waals surface area contributed by atoms with Gasteiger partial charge in [0, 0.05) is 28.1 Å². The summed E-state index contributed by atoms with van der Waals surface area (Å²) in [5.41, 5.74) is 1.35. The standard InChI is InChI=1S/C15H13Cl2N3O2S/c16-9-1-2-11(12(17)7-9)13(8-14(21)22)20-15(23)19-10-3-5-18-6-4-10/h1-7,13H,8H2,(H,21,22)(H2,18,19,20,23)/t13-/m1/s1. The third kappa shape index (κ3) is 5.35. The van der Waals surface area contributed by atoms with Crippen molar-refractivity contribution in [2.24, 2.45) is 0 Å². The van der Waals surface area contributed by atoms with E-state index >= 15 is 0 Å². The number of halogens is 2. The number of aliphatic carboxylic acids is 1. The summed E-state index contributed by atoms with van der Waals surface area (Å²) in [7, 11) is 0. The molecule has 1 aromatic heterocycles. The maximum Gasteiger partial charge on any atom is 0.305 e. The van der Waals surface area contributed by atoms with Crippen LogP contribution in [0.3, 0.4) is 0 Å². The molecule has 8 heteroatoms. The Hall–Kier alpha value is -1.89. The fourth-order valence-corrected chi connectivity index (χ4v) is 2.76. The quantitative estimate of drug-likeness (QED) is 0.694. The molecule has 0 bridgehead atoms. The van der Waals surface area contributed by atoms with Gasteiger partial charge in [-0.2, -0.15) is 0 Å². The van der Waals surface area contributed by atoms with Gasteiger partial charge in [-0.25, -0.2) is 0 Å². The molecule has 0 aliphatic rings. The Labute approximate surface area is 148 Å². The zero-order chi connectivity index (χ0) is 16.8. The number of thiocarbonyl (C=S) groups is 1. The molecular weight excluding hydrogens is 357 g/mol. The highest BCUT2D eigenvalue weighted by molar-refractivity contribution is 7.80. The van der Waals surface area contributed by atoms with Gasteiger partial charge in [0.25, 0.3) is 0 Å². The van der Waals surface area contributed by atoms with Crippen LogP contribution in [0.1, 0.15) is 18.0 Å². The predicted molar refractivity (Wildman–Crippen MR) is 95.0 cm³/mol. The van der Waals surface area contributed by atoms with E-state index in [1.54, 1.807) is 42.7 Å². The van der Waals surface area contributed by atoms with Gasteiger partial charge < -0.3 is 15.7 Å². The second-order valence-corrected chi connectivity index (χ2v) is 5.90. The Balaban J connectivity index is 2.15. The first-order chi connectivity index (χ1) is 11.0. The first kappa shape index (κ1) is 17.5. The molecule has 1 heterocycles. The molecule has 2 aromatic rings. The molecule has 1 atom stereocenters. The Morgan fingerprint density at radius 2 is 1.96 bits per heavy atom. The lowest BCUT2D eigenvalue weighted by atomic mass is 10.0. The molecule has 0 spiro atoms. The maximum atomic E-state index is 11.1. The van der Waals surface area contributed by atoms with E-state index in [4.69, 9.17) is 40.5 Å². The van der Waals surface area contributed by atoms with Crippen molar-refractivity contribution in [3.05, 3.63) is 58.3 Å². The molecule has 3 N–H and O–H groups in total. The molecule has 0 saturated carbocycles. The molecule has 1 aromatic carbocycles. The number of carbonyl (C=O) groups is 1. The summed E-state index contributed by atoms with van der Waals surface area (Å²) in [5, 5.41) is 16.2. The van der Waals surface area contributed by atoms with Crippen LogP contribution in [0.2, 0.25) is 10.0 Å². The van der Waals surface area contributed by atoms with E-state index in [1.165, 1.54) is 0 Å². The van der Waals surface area contributed by atoms with Crippen LogP contribution in [0.5, 0.6) is 0 Å². The molecule has 23 heavy (non-hydrogen) atoms. The summed E-state index contributed by atoms with van der Waals surface area (Å²) >= 11 is 17.3. The van der Waals surface area contributed by atoms with Crippen molar-refractivity contribution >= 4 is 52.2 Å². The van der Waals surface area contributed by atoms with Crippen molar-refractivity contribution < 1.29 is 9.90 Å². The van der Waals surface area contributed by atoms with Gasteiger partial charge in [0.15, 0.2) is 5.11 Å². The number of aromatic nitrogens is 1. The van der Waals surface area contributed by atoms with E-state index in [0.29, 0.717) is 15.6 Å². The van der Waals surface area contributed by atoms with E-state index in [0.717, 1.165) is 5.69 Å². The molecule has 0 amide bonds. The minimum Gasteiger partial charge on any atom is -0.481 e. The highest BCUT2D eigenvalue weighted by atomic mass is 35.5. The lowest BCUT2D eigenvalue weighted by molar-refractivity contribution is -0.137. The predicted octanol–water partition coefficient (Wildman–Crippen LogP) is 3.89. The van der Waals surface area contributed by atoms with Crippen LogP contribution in [0, 0.1) is 0 Å². The monoisotopic (exact) mass is 369 g/mol. The minimum atomic E-state index is -0.972. The number of carboxylic acid groups (broad SMARTS) is 1. The Bertz CT molecular complexity index is 713. The van der Waals surface area contributed by atoms with Crippen LogP contribution in [-0.4, -0.2) is 21.2 Å². The maximum absolute atomic E-state index is 11.1. The zero-order valence-corrected chi connectivity index (χ0v) is 14.1. The summed E-state index contributed by atoms with van der Waals surface area (Å²) < 4.78 is 0. The van der Waals surface area contributed by atoms with Crippen LogP contribution in [0.15, 0.2) is 42.7 Å². The lowest BCUT2D eigenvalue weighted by Crippen LogP contribution is -2.33. The average molecular weight is 370 g/mol. The van der Waals surface area contributed by atoms with Gasteiger partial charge in [0.2, 0.25) is 0 Å². The third-order valence-electron chi connectivity index (χ3n) is 2.96. The van der Waals surface area contributed by atoms with Gasteiger partial charge in [0.1, 0.15) is 0 Å². The van der Waals surface area contributed by atoms with Gasteiger partial charge in [-0.1, -0.05) is 29.3 Å². The van der Waals surface area contributed by atoms with E-state index < -0.39 is 12.0 Å². The fourth-order valence-electron chi connectivity index (χ4n) is 1.96. The molecular formula is C15H13Cl2N3O2S. The number of benzene rings is 1. The molecule has 0 unspecified atom stereocenters. The van der Waals surface area contributed by atoms with Crippen molar-refractivity contribution in [1.82, 2.24) is 10.3 Å². The topological polar surface area (TPSA) is 74.2 Å². The average Bonchev–Trinajstić information content (AvgIpc) is 2.47. The highest BCUT2D eigenvalue weighted by Gasteiger charge is 2.19. The second-order valence-electron chi connectivity index (χ2n) is 4.65. The summed E-state index contributed by atoms with van der Waals surface area (Å²) in [6, 6.07) is 7.80. The summed E-state index contributed by atoms with van der Waals surface area (Å²) in [4.78, 5) is 15.0. The molecule has 0 aliphatic heterocycles. The normalized spacial score (nSPS) is 11.6. The number of carboxylic acids is 1. The molecule has 0 radical (unpaired) electrons. The van der Waals surface area contributed by atoms with Crippen molar-refractivity contribution in [2.45, 2.75) is 12.5 Å². The number of anilines is 1. The van der Waals surface area contributed by atoms with Crippen molar-refractivity contribution in [2.75, 3.05) is 5.32 Å². The molecule has 5 nitrogen and oxygen atoms in total. The summed E-state index contributed by atoms with van der Waals surface area (Å²) in [5.74, 6) is -0.972. The number of hydrogen-bond acceptors (Lipinski definition) is 3. The van der Waals surface area contributed by atoms with Crippen molar-refractivity contribution in [3.63, 3.8) is 0 Å². The van der Waals surface area contributed by atoms with E-state index in [9.17, 15) is 4.79 Å². The minimum absolute atomic E-state index is 0.181. The van der Waals surface area contributed by atoms with Crippen LogP contribution < -0.4 is 10.6 Å².